The minimum Gasteiger partial charge on any atom is -0.350 e. The Hall–Kier alpha value is -3.81. The van der Waals surface area contributed by atoms with Crippen LogP contribution < -0.4 is 16.6 Å². The lowest BCUT2D eigenvalue weighted by Gasteiger charge is -2.38. The van der Waals surface area contributed by atoms with Gasteiger partial charge >= 0.3 is 5.69 Å². The molecule has 0 bridgehead atoms. The number of alkyl halides is 1. The fourth-order valence-corrected chi connectivity index (χ4v) is 4.82. The molecule has 7 heteroatoms. The van der Waals surface area contributed by atoms with Gasteiger partial charge in [-0.15, -0.1) is 0 Å². The molecule has 0 spiro atoms. The van der Waals surface area contributed by atoms with Crippen molar-refractivity contribution < 1.29 is 9.13 Å². The van der Waals surface area contributed by atoms with Crippen LogP contribution in [-0.4, -0.2) is 28.4 Å². The molecule has 0 aliphatic carbocycles. The van der Waals surface area contributed by atoms with E-state index in [1.165, 1.54) is 16.8 Å². The summed E-state index contributed by atoms with van der Waals surface area (Å²) < 4.78 is 22.4. The molecule has 1 saturated heterocycles. The van der Waals surface area contributed by atoms with E-state index in [4.69, 9.17) is 4.74 Å². The number of rotatable bonds is 7. The lowest BCUT2D eigenvalue weighted by atomic mass is 9.77. The number of halogens is 1. The summed E-state index contributed by atoms with van der Waals surface area (Å²) in [5, 5.41) is 3.64. The Morgan fingerprint density at radius 3 is 1.86 bits per heavy atom. The summed E-state index contributed by atoms with van der Waals surface area (Å²) in [6.07, 6.45) is -1.49. The largest absolute Gasteiger partial charge is 0.350 e. The summed E-state index contributed by atoms with van der Waals surface area (Å²) in [6, 6.07) is 31.4. The maximum Gasteiger partial charge on any atom is 0.330 e. The van der Waals surface area contributed by atoms with Gasteiger partial charge in [-0.1, -0.05) is 91.0 Å². The van der Waals surface area contributed by atoms with E-state index in [1.54, 1.807) is 0 Å². The first-order valence-electron chi connectivity index (χ1n) is 11.6. The molecule has 3 aromatic carbocycles. The quantitative estimate of drug-likeness (QED) is 0.403. The predicted octanol–water partition coefficient (Wildman–Crippen LogP) is 3.74. The Balaban J connectivity index is 1.50. The number of aromatic nitrogens is 2. The van der Waals surface area contributed by atoms with E-state index in [0.717, 1.165) is 16.7 Å². The molecular formula is C28H26FN3O3. The molecule has 1 aliphatic heterocycles. The summed E-state index contributed by atoms with van der Waals surface area (Å²) in [5.74, 6) is 0. The van der Waals surface area contributed by atoms with Gasteiger partial charge in [-0.05, 0) is 16.7 Å². The third-order valence-corrected chi connectivity index (χ3v) is 6.51. The molecule has 35 heavy (non-hydrogen) atoms. The zero-order valence-corrected chi connectivity index (χ0v) is 19.0. The highest BCUT2D eigenvalue weighted by Gasteiger charge is 2.41. The van der Waals surface area contributed by atoms with E-state index >= 15 is 4.39 Å². The van der Waals surface area contributed by atoms with Crippen molar-refractivity contribution >= 4 is 0 Å². The van der Waals surface area contributed by atoms with Gasteiger partial charge < -0.3 is 4.74 Å². The summed E-state index contributed by atoms with van der Waals surface area (Å²) in [6.45, 7) is 0.203. The highest BCUT2D eigenvalue weighted by atomic mass is 19.1. The van der Waals surface area contributed by atoms with Crippen LogP contribution in [-0.2, 0) is 10.3 Å². The van der Waals surface area contributed by atoms with E-state index in [9.17, 15) is 9.59 Å². The molecule has 2 heterocycles. The fourth-order valence-electron chi connectivity index (χ4n) is 4.82. The summed E-state index contributed by atoms with van der Waals surface area (Å²) in [5.41, 5.74) is 1.17. The molecule has 1 fully saturated rings. The number of hydrogen-bond acceptors (Lipinski definition) is 4. The monoisotopic (exact) mass is 471 g/mol. The van der Waals surface area contributed by atoms with Gasteiger partial charge in [-0.25, -0.2) is 9.18 Å². The van der Waals surface area contributed by atoms with Crippen molar-refractivity contribution in [3.05, 3.63) is 141 Å². The van der Waals surface area contributed by atoms with Crippen molar-refractivity contribution in [3.8, 4) is 0 Å². The molecule has 2 N–H and O–H groups in total. The van der Waals surface area contributed by atoms with Gasteiger partial charge in [0.1, 0.15) is 18.5 Å². The number of H-pyrrole nitrogens is 1. The molecule has 5 rings (SSSR count). The van der Waals surface area contributed by atoms with E-state index in [0.29, 0.717) is 0 Å². The SMILES string of the molecule is O=c1ccn([C@H]2CC(F)[C@@H](CNC(c3ccccc3)(c3ccccc3)c3ccccc3)O2)c(=O)[nH]1. The Labute approximate surface area is 202 Å². The molecule has 3 atom stereocenters. The van der Waals surface area contributed by atoms with Gasteiger partial charge in [0.05, 0.1) is 5.54 Å². The third-order valence-electron chi connectivity index (χ3n) is 6.51. The van der Waals surface area contributed by atoms with Gasteiger partial charge in [0.25, 0.3) is 5.56 Å². The van der Waals surface area contributed by atoms with E-state index in [-0.39, 0.29) is 13.0 Å². The second kappa shape index (κ2) is 9.82. The second-order valence-electron chi connectivity index (χ2n) is 8.63. The van der Waals surface area contributed by atoms with Gasteiger partial charge in [-0.2, -0.15) is 0 Å². The highest BCUT2D eigenvalue weighted by molar-refractivity contribution is 5.49. The number of hydrogen-bond donors (Lipinski definition) is 2. The fraction of sp³-hybridized carbons (Fsp3) is 0.214. The first kappa shape index (κ1) is 23.0. The first-order chi connectivity index (χ1) is 17.1. The van der Waals surface area contributed by atoms with Crippen molar-refractivity contribution in [2.45, 2.75) is 30.5 Å². The van der Waals surface area contributed by atoms with Crippen molar-refractivity contribution in [1.82, 2.24) is 14.9 Å². The van der Waals surface area contributed by atoms with Crippen LogP contribution in [0.15, 0.2) is 113 Å². The number of nitrogens with zero attached hydrogens (tertiary/aromatic N) is 1. The maximum absolute atomic E-state index is 15.2. The molecule has 178 valence electrons. The molecule has 1 unspecified atom stereocenters. The third kappa shape index (κ3) is 4.48. The van der Waals surface area contributed by atoms with Gasteiger partial charge in [-0.3, -0.25) is 19.7 Å². The molecular weight excluding hydrogens is 445 g/mol. The van der Waals surface area contributed by atoms with Crippen LogP contribution in [0.25, 0.3) is 0 Å². The summed E-state index contributed by atoms with van der Waals surface area (Å²) in [7, 11) is 0. The van der Waals surface area contributed by atoms with Crippen LogP contribution in [0.4, 0.5) is 4.39 Å². The van der Waals surface area contributed by atoms with Gasteiger partial charge in [0, 0.05) is 25.2 Å². The van der Waals surface area contributed by atoms with Crippen molar-refractivity contribution in [3.63, 3.8) is 0 Å². The minimum absolute atomic E-state index is 0.0211. The van der Waals surface area contributed by atoms with Crippen LogP contribution >= 0.6 is 0 Å². The zero-order valence-electron chi connectivity index (χ0n) is 19.0. The summed E-state index contributed by atoms with van der Waals surface area (Å²) >= 11 is 0. The Morgan fingerprint density at radius 1 is 0.857 bits per heavy atom. The first-order valence-corrected chi connectivity index (χ1v) is 11.6. The topological polar surface area (TPSA) is 76.1 Å². The Kier molecular flexibility index (Phi) is 6.44. The average molecular weight is 472 g/mol. The molecule has 0 amide bonds. The highest BCUT2D eigenvalue weighted by Crippen LogP contribution is 2.38. The summed E-state index contributed by atoms with van der Waals surface area (Å²) in [4.78, 5) is 25.8. The van der Waals surface area contributed by atoms with Crippen LogP contribution in [0, 0.1) is 0 Å². The van der Waals surface area contributed by atoms with Crippen LogP contribution in [0.2, 0.25) is 0 Å². The molecule has 1 aromatic heterocycles. The predicted molar refractivity (Wildman–Crippen MR) is 132 cm³/mol. The van der Waals surface area contributed by atoms with E-state index < -0.39 is 35.3 Å². The lowest BCUT2D eigenvalue weighted by Crippen LogP contribution is -2.48. The molecule has 0 radical (unpaired) electrons. The van der Waals surface area contributed by atoms with Gasteiger partial charge in [0.15, 0.2) is 0 Å². The molecule has 6 nitrogen and oxygen atoms in total. The van der Waals surface area contributed by atoms with Crippen LogP contribution in [0.1, 0.15) is 29.3 Å². The number of nitrogens with one attached hydrogen (secondary N) is 2. The smallest absolute Gasteiger partial charge is 0.330 e. The minimum atomic E-state index is -1.29. The number of ether oxygens (including phenoxy) is 1. The van der Waals surface area contributed by atoms with E-state index in [1.807, 2.05) is 54.6 Å². The molecule has 4 aromatic rings. The van der Waals surface area contributed by atoms with Crippen molar-refractivity contribution in [2.75, 3.05) is 6.54 Å². The Morgan fingerprint density at radius 2 is 1.37 bits per heavy atom. The second-order valence-corrected chi connectivity index (χ2v) is 8.63. The lowest BCUT2D eigenvalue weighted by molar-refractivity contribution is -0.0113. The number of aromatic amines is 1. The van der Waals surface area contributed by atoms with Crippen LogP contribution in [0.3, 0.4) is 0 Å². The number of benzene rings is 3. The van der Waals surface area contributed by atoms with E-state index in [2.05, 4.69) is 46.7 Å². The van der Waals surface area contributed by atoms with Crippen molar-refractivity contribution in [2.24, 2.45) is 0 Å². The average Bonchev–Trinajstić information content (AvgIpc) is 3.26. The Bertz CT molecular complexity index is 1280. The molecule has 1 aliphatic rings. The van der Waals surface area contributed by atoms with Gasteiger partial charge in [0.2, 0.25) is 0 Å². The van der Waals surface area contributed by atoms with Crippen LogP contribution in [0.5, 0.6) is 0 Å². The molecule has 0 saturated carbocycles. The normalized spacial score (nSPS) is 20.1. The van der Waals surface area contributed by atoms with Crippen molar-refractivity contribution in [1.29, 1.82) is 0 Å². The standard InChI is InChI=1S/C28H26FN3O3/c29-23-18-26(32-17-16-25(33)31-27(32)34)35-24(23)19-30-28(20-10-4-1-5-11-20,21-12-6-2-7-13-21)22-14-8-3-9-15-22/h1-17,23-24,26,30H,18-19H2,(H,31,33,34)/t23?,24-,26-/m1/s1. The maximum atomic E-state index is 15.2. The zero-order chi connectivity index (χ0) is 24.3.